The Morgan fingerprint density at radius 3 is 2.62 bits per heavy atom. The third-order valence-corrected chi connectivity index (χ3v) is 3.05. The summed E-state index contributed by atoms with van der Waals surface area (Å²) >= 11 is 3.12. The third kappa shape index (κ3) is 2.65. The molecule has 1 aromatic heterocycles. The van der Waals surface area contributed by atoms with E-state index in [1.54, 1.807) is 12.1 Å². The molecule has 0 aromatic carbocycles. The molecule has 0 amide bonds. The molecule has 1 rings (SSSR count). The number of aliphatic carboxylic acids is 1. The van der Waals surface area contributed by atoms with Crippen molar-refractivity contribution in [2.75, 3.05) is 0 Å². The summed E-state index contributed by atoms with van der Waals surface area (Å²) in [5, 5.41) is 19.4. The van der Waals surface area contributed by atoms with Crippen LogP contribution in [-0.2, 0) is 10.4 Å². The van der Waals surface area contributed by atoms with Crippen LogP contribution < -0.4 is 0 Å². The standard InChI is InChI=1S/C11H15BrO4/c1-3-4-7(10(13)14)11(2,15)8-5-6-9(12)16-8/h5-7,15H,3-4H2,1-2H3,(H,13,14). The van der Waals surface area contributed by atoms with Crippen LogP contribution in [-0.4, -0.2) is 16.2 Å². The molecule has 0 aliphatic carbocycles. The quantitative estimate of drug-likeness (QED) is 0.875. The molecule has 0 radical (unpaired) electrons. The van der Waals surface area contributed by atoms with Crippen molar-refractivity contribution in [2.45, 2.75) is 32.3 Å². The van der Waals surface area contributed by atoms with Crippen molar-refractivity contribution in [3.05, 3.63) is 22.6 Å². The van der Waals surface area contributed by atoms with Gasteiger partial charge in [-0.3, -0.25) is 4.79 Å². The van der Waals surface area contributed by atoms with E-state index in [9.17, 15) is 9.90 Å². The molecule has 0 fully saturated rings. The summed E-state index contributed by atoms with van der Waals surface area (Å²) in [6, 6.07) is 3.21. The molecular formula is C11H15BrO4. The maximum atomic E-state index is 11.1. The maximum absolute atomic E-state index is 11.1. The first kappa shape index (κ1) is 13.3. The summed E-state index contributed by atoms with van der Waals surface area (Å²) in [4.78, 5) is 11.1. The van der Waals surface area contributed by atoms with Gasteiger partial charge in [-0.25, -0.2) is 0 Å². The second kappa shape index (κ2) is 5.01. The maximum Gasteiger partial charge on any atom is 0.309 e. The average Bonchev–Trinajstić information content (AvgIpc) is 2.61. The molecule has 5 heteroatoms. The van der Waals surface area contributed by atoms with Gasteiger partial charge in [0.1, 0.15) is 11.4 Å². The monoisotopic (exact) mass is 290 g/mol. The van der Waals surface area contributed by atoms with E-state index in [4.69, 9.17) is 9.52 Å². The molecule has 0 aliphatic rings. The fourth-order valence-electron chi connectivity index (χ4n) is 1.69. The molecule has 0 saturated carbocycles. The molecule has 2 unspecified atom stereocenters. The lowest BCUT2D eigenvalue weighted by Gasteiger charge is -2.27. The van der Waals surface area contributed by atoms with Crippen LogP contribution in [0.3, 0.4) is 0 Å². The van der Waals surface area contributed by atoms with Crippen LogP contribution >= 0.6 is 15.9 Å². The van der Waals surface area contributed by atoms with E-state index in [-0.39, 0.29) is 5.76 Å². The molecule has 16 heavy (non-hydrogen) atoms. The normalized spacial score (nSPS) is 16.8. The Labute approximate surface area is 102 Å². The van der Waals surface area contributed by atoms with E-state index in [0.717, 1.165) is 0 Å². The number of hydrogen-bond acceptors (Lipinski definition) is 3. The van der Waals surface area contributed by atoms with Crippen molar-refractivity contribution in [3.8, 4) is 0 Å². The largest absolute Gasteiger partial charge is 0.481 e. The van der Waals surface area contributed by atoms with Crippen molar-refractivity contribution in [1.82, 2.24) is 0 Å². The topological polar surface area (TPSA) is 70.7 Å². The van der Waals surface area contributed by atoms with E-state index in [1.165, 1.54) is 6.92 Å². The molecule has 2 atom stereocenters. The number of aliphatic hydroxyl groups is 1. The first-order chi connectivity index (χ1) is 7.39. The highest BCUT2D eigenvalue weighted by Gasteiger charge is 2.40. The summed E-state index contributed by atoms with van der Waals surface area (Å²) in [5.74, 6) is -1.62. The van der Waals surface area contributed by atoms with Crippen LogP contribution in [0, 0.1) is 5.92 Å². The molecule has 0 aliphatic heterocycles. The highest BCUT2D eigenvalue weighted by molar-refractivity contribution is 9.10. The minimum atomic E-state index is -1.49. The van der Waals surface area contributed by atoms with Crippen LogP contribution in [0.2, 0.25) is 0 Å². The Kier molecular flexibility index (Phi) is 4.15. The van der Waals surface area contributed by atoms with Crippen LogP contribution in [0.5, 0.6) is 0 Å². The number of halogens is 1. The van der Waals surface area contributed by atoms with Gasteiger partial charge in [-0.15, -0.1) is 0 Å². The number of carboxylic acid groups (broad SMARTS) is 1. The fourth-order valence-corrected chi connectivity index (χ4v) is 2.00. The summed E-state index contributed by atoms with van der Waals surface area (Å²) in [7, 11) is 0. The van der Waals surface area contributed by atoms with Gasteiger partial charge in [0, 0.05) is 0 Å². The van der Waals surface area contributed by atoms with Crippen LogP contribution in [0.1, 0.15) is 32.4 Å². The van der Waals surface area contributed by atoms with Gasteiger partial charge in [0.25, 0.3) is 0 Å². The molecule has 90 valence electrons. The Morgan fingerprint density at radius 1 is 1.62 bits per heavy atom. The summed E-state index contributed by atoms with van der Waals surface area (Å²) in [5.41, 5.74) is -1.49. The van der Waals surface area contributed by atoms with Crippen molar-refractivity contribution in [2.24, 2.45) is 5.92 Å². The van der Waals surface area contributed by atoms with Gasteiger partial charge in [0.2, 0.25) is 0 Å². The zero-order valence-electron chi connectivity index (χ0n) is 9.24. The summed E-state index contributed by atoms with van der Waals surface area (Å²) in [6.07, 6.45) is 1.09. The van der Waals surface area contributed by atoms with Gasteiger partial charge < -0.3 is 14.6 Å². The van der Waals surface area contributed by atoms with Gasteiger partial charge in [0.05, 0.1) is 5.92 Å². The molecule has 1 aromatic rings. The lowest BCUT2D eigenvalue weighted by molar-refractivity contribution is -0.153. The highest BCUT2D eigenvalue weighted by Crippen LogP contribution is 2.34. The molecule has 4 nitrogen and oxygen atoms in total. The Hall–Kier alpha value is -0.810. The number of hydrogen-bond donors (Lipinski definition) is 2. The van der Waals surface area contributed by atoms with Crippen LogP contribution in [0.25, 0.3) is 0 Å². The van der Waals surface area contributed by atoms with Gasteiger partial charge in [-0.2, -0.15) is 0 Å². The second-order valence-electron chi connectivity index (χ2n) is 3.93. The lowest BCUT2D eigenvalue weighted by Crippen LogP contribution is -2.36. The van der Waals surface area contributed by atoms with Gasteiger partial charge in [-0.1, -0.05) is 13.3 Å². The Balaban J connectivity index is 3.01. The number of carboxylic acids is 1. The predicted octanol–water partition coefficient (Wildman–Crippen LogP) is 2.75. The van der Waals surface area contributed by atoms with Gasteiger partial charge >= 0.3 is 5.97 Å². The average molecular weight is 291 g/mol. The molecule has 0 spiro atoms. The second-order valence-corrected chi connectivity index (χ2v) is 4.71. The Bertz CT molecular complexity index is 370. The van der Waals surface area contributed by atoms with Crippen molar-refractivity contribution >= 4 is 21.9 Å². The SMILES string of the molecule is CCCC(C(=O)O)C(C)(O)c1ccc(Br)o1. The van der Waals surface area contributed by atoms with Gasteiger partial charge in [0.15, 0.2) is 4.67 Å². The summed E-state index contributed by atoms with van der Waals surface area (Å²) < 4.78 is 5.70. The predicted molar refractivity (Wildman–Crippen MR) is 62.0 cm³/mol. The number of furan rings is 1. The molecule has 0 bridgehead atoms. The third-order valence-electron chi connectivity index (χ3n) is 2.63. The lowest BCUT2D eigenvalue weighted by atomic mass is 9.84. The molecule has 2 N–H and O–H groups in total. The highest BCUT2D eigenvalue weighted by atomic mass is 79.9. The smallest absolute Gasteiger partial charge is 0.309 e. The van der Waals surface area contributed by atoms with E-state index < -0.39 is 17.5 Å². The first-order valence-electron chi connectivity index (χ1n) is 5.10. The zero-order valence-corrected chi connectivity index (χ0v) is 10.8. The Morgan fingerprint density at radius 2 is 2.25 bits per heavy atom. The van der Waals surface area contributed by atoms with Crippen LogP contribution in [0.15, 0.2) is 21.2 Å². The minimum Gasteiger partial charge on any atom is -0.481 e. The summed E-state index contributed by atoms with van der Waals surface area (Å²) in [6.45, 7) is 3.34. The zero-order chi connectivity index (χ0) is 12.3. The van der Waals surface area contributed by atoms with Crippen molar-refractivity contribution < 1.29 is 19.4 Å². The minimum absolute atomic E-state index is 0.264. The molecular weight excluding hydrogens is 276 g/mol. The fraction of sp³-hybridized carbons (Fsp3) is 0.545. The van der Waals surface area contributed by atoms with Crippen LogP contribution in [0.4, 0.5) is 0 Å². The van der Waals surface area contributed by atoms with E-state index in [1.807, 2.05) is 6.92 Å². The van der Waals surface area contributed by atoms with E-state index in [2.05, 4.69) is 15.9 Å². The molecule has 0 saturated heterocycles. The van der Waals surface area contributed by atoms with Crippen molar-refractivity contribution in [3.63, 3.8) is 0 Å². The molecule has 1 heterocycles. The number of rotatable bonds is 5. The van der Waals surface area contributed by atoms with Gasteiger partial charge in [-0.05, 0) is 41.4 Å². The van der Waals surface area contributed by atoms with Crippen molar-refractivity contribution in [1.29, 1.82) is 0 Å². The number of carbonyl (C=O) groups is 1. The van der Waals surface area contributed by atoms with E-state index in [0.29, 0.717) is 17.5 Å². The first-order valence-corrected chi connectivity index (χ1v) is 5.89. The van der Waals surface area contributed by atoms with E-state index >= 15 is 0 Å².